The van der Waals surface area contributed by atoms with Crippen LogP contribution in [0.5, 0.6) is 11.5 Å². The molecule has 2 rings (SSSR count). The molecule has 0 amide bonds. The number of ether oxygens (including phenoxy) is 2. The average molecular weight is 373 g/mol. The normalized spacial score (nSPS) is 11.1. The number of nitrogens with zero attached hydrogens (tertiary/aromatic N) is 1. The van der Waals surface area contributed by atoms with Gasteiger partial charge >= 0.3 is 0 Å². The Labute approximate surface area is 162 Å². The van der Waals surface area contributed by atoms with Crippen molar-refractivity contribution in [2.45, 2.75) is 48.1 Å². The smallest absolute Gasteiger partial charge is 0.125 e. The van der Waals surface area contributed by atoms with Crippen molar-refractivity contribution in [3.8, 4) is 11.5 Å². The first-order chi connectivity index (χ1) is 13.1. The van der Waals surface area contributed by atoms with E-state index in [0.29, 0.717) is 13.2 Å². The van der Waals surface area contributed by atoms with Gasteiger partial charge in [-0.3, -0.25) is 0 Å². The highest BCUT2D eigenvalue weighted by Gasteiger charge is 2.12. The molecule has 0 saturated heterocycles. The van der Waals surface area contributed by atoms with Crippen LogP contribution in [-0.4, -0.2) is 19.4 Å². The van der Waals surface area contributed by atoms with Crippen LogP contribution in [0.1, 0.15) is 49.9 Å². The topological polar surface area (TPSA) is 53.2 Å². The largest absolute Gasteiger partial charge is 0.490 e. The number of oxime groups is 1. The summed E-state index contributed by atoms with van der Waals surface area (Å²) in [6, 6.07) is 3.97. The Balaban J connectivity index is 0.00000176. The summed E-state index contributed by atoms with van der Waals surface area (Å²) in [5.74, 6) is 1.69. The van der Waals surface area contributed by atoms with Gasteiger partial charge in [0.05, 0.1) is 18.2 Å². The molecule has 0 saturated carbocycles. The predicted molar refractivity (Wildman–Crippen MR) is 110 cm³/mol. The number of aryl methyl sites for hydroxylation is 2. The van der Waals surface area contributed by atoms with Gasteiger partial charge in [-0.15, -0.1) is 0 Å². The zero-order valence-corrected chi connectivity index (χ0v) is 17.5. The van der Waals surface area contributed by atoms with E-state index >= 15 is 0 Å². The molecule has 27 heavy (non-hydrogen) atoms. The van der Waals surface area contributed by atoms with Crippen LogP contribution in [0.15, 0.2) is 46.4 Å². The number of benzene rings is 1. The summed E-state index contributed by atoms with van der Waals surface area (Å²) < 4.78 is 17.0. The maximum atomic E-state index is 6.04. The number of hydrogen-bond acceptors (Lipinski definition) is 5. The first kappa shape index (κ1) is 22.4. The fraction of sp³-hybridized carbons (Fsp3) is 0.409. The van der Waals surface area contributed by atoms with Crippen molar-refractivity contribution in [2.24, 2.45) is 5.16 Å². The maximum absolute atomic E-state index is 6.04. The maximum Gasteiger partial charge on any atom is 0.125 e. The highest BCUT2D eigenvalue weighted by molar-refractivity contribution is 5.99. The molecular formula is C22H31NO4. The van der Waals surface area contributed by atoms with E-state index in [-0.39, 0.29) is 0 Å². The molecule has 0 aliphatic heterocycles. The van der Waals surface area contributed by atoms with Gasteiger partial charge in [0.25, 0.3) is 0 Å². The second-order valence-corrected chi connectivity index (χ2v) is 5.72. The van der Waals surface area contributed by atoms with E-state index in [9.17, 15) is 0 Å². The lowest BCUT2D eigenvalue weighted by Gasteiger charge is -2.14. The number of furan rings is 1. The molecular weight excluding hydrogens is 342 g/mol. The highest BCUT2D eigenvalue weighted by Crippen LogP contribution is 2.29. The third kappa shape index (κ3) is 6.51. The van der Waals surface area contributed by atoms with Gasteiger partial charge in [-0.05, 0) is 51.0 Å². The summed E-state index contributed by atoms with van der Waals surface area (Å²) in [4.78, 5) is 4.82. The second-order valence-electron chi connectivity index (χ2n) is 5.72. The number of allylic oxidation sites excluding steroid dienone is 1. The van der Waals surface area contributed by atoms with Crippen LogP contribution in [0.2, 0.25) is 0 Å². The molecule has 0 aliphatic carbocycles. The van der Waals surface area contributed by atoms with Crippen molar-refractivity contribution >= 4 is 5.71 Å². The Bertz CT molecular complexity index is 736. The SMILES string of the molecule is C/C=C/COc1cc(C)c(OCc2cocc2/C(C)=N\OC)c(C)c1.CC. The highest BCUT2D eigenvalue weighted by atomic mass is 16.6. The Morgan fingerprint density at radius 3 is 2.37 bits per heavy atom. The van der Waals surface area contributed by atoms with Crippen LogP contribution in [-0.2, 0) is 11.4 Å². The van der Waals surface area contributed by atoms with Crippen LogP contribution in [0.25, 0.3) is 0 Å². The molecule has 0 radical (unpaired) electrons. The van der Waals surface area contributed by atoms with Crippen molar-refractivity contribution in [1.82, 2.24) is 0 Å². The average Bonchev–Trinajstić information content (AvgIpc) is 3.12. The molecule has 0 atom stereocenters. The zero-order valence-electron chi connectivity index (χ0n) is 17.5. The minimum Gasteiger partial charge on any atom is -0.490 e. The molecule has 148 valence electrons. The van der Waals surface area contributed by atoms with E-state index in [4.69, 9.17) is 18.7 Å². The van der Waals surface area contributed by atoms with Crippen LogP contribution < -0.4 is 9.47 Å². The molecule has 1 aromatic carbocycles. The molecule has 2 aromatic rings. The van der Waals surface area contributed by atoms with Crippen molar-refractivity contribution in [1.29, 1.82) is 0 Å². The van der Waals surface area contributed by atoms with Gasteiger partial charge in [-0.2, -0.15) is 0 Å². The van der Waals surface area contributed by atoms with Crippen molar-refractivity contribution in [2.75, 3.05) is 13.7 Å². The monoisotopic (exact) mass is 373 g/mol. The van der Waals surface area contributed by atoms with E-state index in [1.165, 1.54) is 7.11 Å². The van der Waals surface area contributed by atoms with Crippen molar-refractivity contribution < 1.29 is 18.7 Å². The molecule has 0 N–H and O–H groups in total. The third-order valence-corrected chi connectivity index (χ3v) is 3.75. The minimum atomic E-state index is 0.392. The molecule has 0 unspecified atom stereocenters. The molecule has 1 heterocycles. The number of rotatable bonds is 8. The van der Waals surface area contributed by atoms with Gasteiger partial charge in [0.15, 0.2) is 0 Å². The van der Waals surface area contributed by atoms with Gasteiger partial charge in [0.2, 0.25) is 0 Å². The van der Waals surface area contributed by atoms with Crippen LogP contribution in [0, 0.1) is 13.8 Å². The van der Waals surface area contributed by atoms with E-state index in [1.54, 1.807) is 12.5 Å². The Morgan fingerprint density at radius 2 is 1.78 bits per heavy atom. The van der Waals surface area contributed by atoms with Crippen LogP contribution in [0.3, 0.4) is 0 Å². The minimum absolute atomic E-state index is 0.392. The lowest BCUT2D eigenvalue weighted by Crippen LogP contribution is -2.04. The van der Waals surface area contributed by atoms with Crippen molar-refractivity contribution in [3.63, 3.8) is 0 Å². The van der Waals surface area contributed by atoms with E-state index < -0.39 is 0 Å². The molecule has 0 bridgehead atoms. The Kier molecular flexibility index (Phi) is 9.80. The third-order valence-electron chi connectivity index (χ3n) is 3.75. The zero-order chi connectivity index (χ0) is 20.2. The summed E-state index contributed by atoms with van der Waals surface area (Å²) in [7, 11) is 1.52. The van der Waals surface area contributed by atoms with Gasteiger partial charge < -0.3 is 18.7 Å². The molecule has 5 nitrogen and oxygen atoms in total. The number of hydrogen-bond donors (Lipinski definition) is 0. The first-order valence-electron chi connectivity index (χ1n) is 9.18. The second kappa shape index (κ2) is 11.8. The fourth-order valence-corrected chi connectivity index (χ4v) is 2.55. The quantitative estimate of drug-likeness (QED) is 0.332. The van der Waals surface area contributed by atoms with Crippen LogP contribution in [0.4, 0.5) is 0 Å². The first-order valence-corrected chi connectivity index (χ1v) is 9.18. The molecule has 0 fully saturated rings. The molecule has 5 heteroatoms. The van der Waals surface area contributed by atoms with E-state index in [1.807, 2.05) is 65.8 Å². The fourth-order valence-electron chi connectivity index (χ4n) is 2.55. The van der Waals surface area contributed by atoms with E-state index in [2.05, 4.69) is 5.16 Å². The summed E-state index contributed by atoms with van der Waals surface area (Å²) in [5, 5.41) is 3.94. The van der Waals surface area contributed by atoms with Crippen molar-refractivity contribution in [3.05, 3.63) is 59.1 Å². The lowest BCUT2D eigenvalue weighted by atomic mass is 10.1. The van der Waals surface area contributed by atoms with Gasteiger partial charge in [0.1, 0.15) is 31.8 Å². The lowest BCUT2D eigenvalue weighted by molar-refractivity contribution is 0.213. The Morgan fingerprint density at radius 1 is 1.11 bits per heavy atom. The van der Waals surface area contributed by atoms with Gasteiger partial charge in [-0.25, -0.2) is 0 Å². The molecule has 0 aliphatic rings. The summed E-state index contributed by atoms with van der Waals surface area (Å²) in [6.45, 7) is 12.8. The van der Waals surface area contributed by atoms with Gasteiger partial charge in [0, 0.05) is 11.1 Å². The Hall–Kier alpha value is -2.69. The summed E-state index contributed by atoms with van der Waals surface area (Å²) in [6.07, 6.45) is 7.26. The van der Waals surface area contributed by atoms with Crippen LogP contribution >= 0.6 is 0 Å². The molecule has 0 spiro atoms. The summed E-state index contributed by atoms with van der Waals surface area (Å²) >= 11 is 0. The van der Waals surface area contributed by atoms with Gasteiger partial charge in [-0.1, -0.05) is 31.2 Å². The van der Waals surface area contributed by atoms with E-state index in [0.717, 1.165) is 39.5 Å². The standard InChI is InChI=1S/C20H25NO4.C2H6/c1-6-7-8-24-18-9-14(2)20(15(3)10-18)25-12-17-11-23-13-19(17)16(4)21-22-5;1-2/h6-7,9-11,13H,8,12H2,1-5H3;1-2H3/b7-6+,21-16-;. The molecule has 1 aromatic heterocycles. The summed E-state index contributed by atoms with van der Waals surface area (Å²) in [5.41, 5.74) is 4.61. The predicted octanol–water partition coefficient (Wildman–Crippen LogP) is 5.83.